The fraction of sp³-hybridized carbons (Fsp3) is 0.167. The topological polar surface area (TPSA) is 41.8 Å². The summed E-state index contributed by atoms with van der Waals surface area (Å²) in [5.41, 5.74) is 10.5. The molecule has 1 aromatic carbocycles. The van der Waals surface area contributed by atoms with Crippen LogP contribution in [0.5, 0.6) is 0 Å². The minimum Gasteiger partial charge on any atom is -0.367 e. The van der Waals surface area contributed by atoms with Gasteiger partial charge in [0.15, 0.2) is 0 Å². The molecule has 2 rings (SSSR count). The average molecular weight is 186 g/mol. The van der Waals surface area contributed by atoms with Crippen molar-refractivity contribution in [2.45, 2.75) is 13.5 Å². The van der Waals surface area contributed by atoms with Crippen molar-refractivity contribution in [2.24, 2.45) is 5.73 Å². The molecule has 0 atom stereocenters. The lowest BCUT2D eigenvalue weighted by molar-refractivity contribution is 1.08. The minimum atomic E-state index is 0.576. The van der Waals surface area contributed by atoms with Gasteiger partial charge in [0.25, 0.3) is 0 Å². The maximum atomic E-state index is 5.65. The van der Waals surface area contributed by atoms with E-state index in [9.17, 15) is 0 Å². The van der Waals surface area contributed by atoms with Crippen LogP contribution in [-0.4, -0.2) is 4.98 Å². The fourth-order valence-corrected chi connectivity index (χ4v) is 1.65. The second-order valence-electron chi connectivity index (χ2n) is 3.47. The molecule has 0 aliphatic carbocycles. The largest absolute Gasteiger partial charge is 0.367 e. The van der Waals surface area contributed by atoms with Crippen molar-refractivity contribution < 1.29 is 0 Å². The number of aromatic amines is 1. The van der Waals surface area contributed by atoms with E-state index in [0.29, 0.717) is 6.54 Å². The van der Waals surface area contributed by atoms with Gasteiger partial charge < -0.3 is 10.7 Å². The smallest absolute Gasteiger partial charge is 0.0199 e. The summed E-state index contributed by atoms with van der Waals surface area (Å²) in [5, 5.41) is 0. The van der Waals surface area contributed by atoms with Crippen LogP contribution >= 0.6 is 0 Å². The van der Waals surface area contributed by atoms with Crippen molar-refractivity contribution >= 4 is 0 Å². The number of rotatable bonds is 2. The molecular weight excluding hydrogens is 172 g/mol. The SMILES string of the molecule is Cc1cccc(-c2c[nH]cc2CN)c1. The quantitative estimate of drug-likeness (QED) is 0.743. The van der Waals surface area contributed by atoms with E-state index < -0.39 is 0 Å². The normalized spacial score (nSPS) is 10.4. The minimum absolute atomic E-state index is 0.576. The van der Waals surface area contributed by atoms with Crippen LogP contribution < -0.4 is 5.73 Å². The fourth-order valence-electron chi connectivity index (χ4n) is 1.65. The molecule has 72 valence electrons. The Bertz CT molecular complexity index is 429. The summed E-state index contributed by atoms with van der Waals surface area (Å²) in [4.78, 5) is 3.09. The van der Waals surface area contributed by atoms with Gasteiger partial charge in [-0.3, -0.25) is 0 Å². The Balaban J connectivity index is 2.49. The third-order valence-corrected chi connectivity index (χ3v) is 2.38. The summed E-state index contributed by atoms with van der Waals surface area (Å²) in [5.74, 6) is 0. The summed E-state index contributed by atoms with van der Waals surface area (Å²) in [7, 11) is 0. The van der Waals surface area contributed by atoms with Gasteiger partial charge in [-0.15, -0.1) is 0 Å². The molecule has 0 unspecified atom stereocenters. The maximum Gasteiger partial charge on any atom is 0.0199 e. The summed E-state index contributed by atoms with van der Waals surface area (Å²) < 4.78 is 0. The van der Waals surface area contributed by atoms with E-state index in [2.05, 4.69) is 36.2 Å². The Morgan fingerprint density at radius 1 is 1.29 bits per heavy atom. The molecule has 0 saturated heterocycles. The van der Waals surface area contributed by atoms with E-state index in [1.807, 2.05) is 12.4 Å². The van der Waals surface area contributed by atoms with Crippen molar-refractivity contribution in [3.63, 3.8) is 0 Å². The van der Waals surface area contributed by atoms with Gasteiger partial charge in [-0.05, 0) is 18.1 Å². The molecule has 2 nitrogen and oxygen atoms in total. The lowest BCUT2D eigenvalue weighted by Crippen LogP contribution is -1.95. The van der Waals surface area contributed by atoms with Crippen LogP contribution in [0.25, 0.3) is 11.1 Å². The molecule has 14 heavy (non-hydrogen) atoms. The van der Waals surface area contributed by atoms with E-state index >= 15 is 0 Å². The van der Waals surface area contributed by atoms with Crippen LogP contribution in [-0.2, 0) is 6.54 Å². The molecular formula is C12H14N2. The van der Waals surface area contributed by atoms with Crippen molar-refractivity contribution in [3.8, 4) is 11.1 Å². The van der Waals surface area contributed by atoms with Crippen LogP contribution in [0.3, 0.4) is 0 Å². The van der Waals surface area contributed by atoms with Gasteiger partial charge >= 0.3 is 0 Å². The first-order valence-electron chi connectivity index (χ1n) is 4.74. The Hall–Kier alpha value is -1.54. The van der Waals surface area contributed by atoms with Gasteiger partial charge in [-0.25, -0.2) is 0 Å². The van der Waals surface area contributed by atoms with Gasteiger partial charge in [0, 0.05) is 24.5 Å². The predicted octanol–water partition coefficient (Wildman–Crippen LogP) is 2.45. The standard InChI is InChI=1S/C12H14N2/c1-9-3-2-4-10(5-9)12-8-14-7-11(12)6-13/h2-5,7-8,14H,6,13H2,1H3. The van der Waals surface area contributed by atoms with Crippen LogP contribution in [0.4, 0.5) is 0 Å². The van der Waals surface area contributed by atoms with Crippen LogP contribution in [0.15, 0.2) is 36.7 Å². The molecule has 1 aromatic heterocycles. The Labute approximate surface area is 83.8 Å². The van der Waals surface area contributed by atoms with Crippen molar-refractivity contribution in [1.29, 1.82) is 0 Å². The van der Waals surface area contributed by atoms with Crippen molar-refractivity contribution in [1.82, 2.24) is 4.98 Å². The molecule has 1 heterocycles. The first-order valence-corrected chi connectivity index (χ1v) is 4.74. The third-order valence-electron chi connectivity index (χ3n) is 2.38. The highest BCUT2D eigenvalue weighted by molar-refractivity contribution is 5.67. The van der Waals surface area contributed by atoms with Crippen LogP contribution in [0.2, 0.25) is 0 Å². The Kier molecular flexibility index (Phi) is 2.37. The molecule has 0 aliphatic heterocycles. The highest BCUT2D eigenvalue weighted by Crippen LogP contribution is 2.23. The monoisotopic (exact) mass is 186 g/mol. The number of hydrogen-bond donors (Lipinski definition) is 2. The van der Waals surface area contributed by atoms with Crippen molar-refractivity contribution in [3.05, 3.63) is 47.8 Å². The molecule has 0 aliphatic rings. The van der Waals surface area contributed by atoms with E-state index in [1.54, 1.807) is 0 Å². The number of aromatic nitrogens is 1. The predicted molar refractivity (Wildman–Crippen MR) is 58.9 cm³/mol. The van der Waals surface area contributed by atoms with Gasteiger partial charge in [0.2, 0.25) is 0 Å². The van der Waals surface area contributed by atoms with E-state index in [0.717, 1.165) is 5.56 Å². The first-order chi connectivity index (χ1) is 6.81. The maximum absolute atomic E-state index is 5.65. The highest BCUT2D eigenvalue weighted by Gasteiger charge is 2.03. The molecule has 3 N–H and O–H groups in total. The van der Waals surface area contributed by atoms with E-state index in [4.69, 9.17) is 5.73 Å². The number of aryl methyl sites for hydroxylation is 1. The second kappa shape index (κ2) is 3.68. The van der Waals surface area contributed by atoms with Gasteiger partial charge in [0.1, 0.15) is 0 Å². The molecule has 0 bridgehead atoms. The zero-order valence-corrected chi connectivity index (χ0v) is 8.25. The molecule has 0 radical (unpaired) electrons. The van der Waals surface area contributed by atoms with E-state index in [1.165, 1.54) is 16.7 Å². The van der Waals surface area contributed by atoms with Crippen LogP contribution in [0.1, 0.15) is 11.1 Å². The Morgan fingerprint density at radius 3 is 2.86 bits per heavy atom. The molecule has 0 fully saturated rings. The number of hydrogen-bond acceptors (Lipinski definition) is 1. The second-order valence-corrected chi connectivity index (χ2v) is 3.47. The van der Waals surface area contributed by atoms with Gasteiger partial charge in [-0.1, -0.05) is 29.8 Å². The lowest BCUT2D eigenvalue weighted by Gasteiger charge is -2.02. The number of benzene rings is 1. The first kappa shape index (κ1) is 9.03. The van der Waals surface area contributed by atoms with E-state index in [-0.39, 0.29) is 0 Å². The number of H-pyrrole nitrogens is 1. The molecule has 0 spiro atoms. The number of nitrogens with two attached hydrogens (primary N) is 1. The number of nitrogens with one attached hydrogen (secondary N) is 1. The molecule has 2 heteroatoms. The lowest BCUT2D eigenvalue weighted by atomic mass is 10.0. The van der Waals surface area contributed by atoms with Gasteiger partial charge in [-0.2, -0.15) is 0 Å². The average Bonchev–Trinajstić information content (AvgIpc) is 2.65. The summed E-state index contributed by atoms with van der Waals surface area (Å²) in [6.45, 7) is 2.67. The summed E-state index contributed by atoms with van der Waals surface area (Å²) in [6.07, 6.45) is 3.95. The van der Waals surface area contributed by atoms with Crippen LogP contribution in [0, 0.1) is 6.92 Å². The summed E-state index contributed by atoms with van der Waals surface area (Å²) in [6, 6.07) is 8.44. The molecule has 2 aromatic rings. The zero-order chi connectivity index (χ0) is 9.97. The van der Waals surface area contributed by atoms with Crippen molar-refractivity contribution in [2.75, 3.05) is 0 Å². The zero-order valence-electron chi connectivity index (χ0n) is 8.25. The highest BCUT2D eigenvalue weighted by atomic mass is 14.7. The molecule has 0 saturated carbocycles. The Morgan fingerprint density at radius 2 is 2.14 bits per heavy atom. The summed E-state index contributed by atoms with van der Waals surface area (Å²) >= 11 is 0. The third kappa shape index (κ3) is 1.56. The molecule has 0 amide bonds. The van der Waals surface area contributed by atoms with Gasteiger partial charge in [0.05, 0.1) is 0 Å².